The van der Waals surface area contributed by atoms with Crippen LogP contribution in [0.5, 0.6) is 0 Å². The Hall–Kier alpha value is -2.52. The van der Waals surface area contributed by atoms with E-state index in [0.717, 1.165) is 53.6 Å². The van der Waals surface area contributed by atoms with Crippen LogP contribution in [-0.2, 0) is 18.4 Å². The molecule has 1 amide bonds. The summed E-state index contributed by atoms with van der Waals surface area (Å²) in [5, 5.41) is 8.73. The SMILES string of the molecule is Cc1sc2nc(CN3CCCC3)nc(NC3CCN(c4cnn(C)c4)C3=O)c2c1C. The summed E-state index contributed by atoms with van der Waals surface area (Å²) >= 11 is 1.71. The van der Waals surface area contributed by atoms with Gasteiger partial charge in [0.2, 0.25) is 5.91 Å². The molecular formula is C21H27N7OS. The first-order valence-corrected chi connectivity index (χ1v) is 11.4. The summed E-state index contributed by atoms with van der Waals surface area (Å²) in [7, 11) is 1.86. The quantitative estimate of drug-likeness (QED) is 0.677. The standard InChI is InChI=1S/C21H27N7OS/c1-13-14(2)30-20-18(13)19(24-17(25-20)12-27-7-4-5-8-27)23-16-6-9-28(21(16)29)15-10-22-26(3)11-15/h10-11,16H,4-9,12H2,1-3H3,(H,23,24,25). The molecule has 5 heterocycles. The van der Waals surface area contributed by atoms with Gasteiger partial charge in [0.05, 0.1) is 23.8 Å². The van der Waals surface area contributed by atoms with Crippen molar-refractivity contribution in [2.24, 2.45) is 7.05 Å². The molecule has 0 aliphatic carbocycles. The molecule has 3 aromatic heterocycles. The van der Waals surface area contributed by atoms with Crippen molar-refractivity contribution in [3.05, 3.63) is 28.7 Å². The molecule has 2 aliphatic heterocycles. The Kier molecular flexibility index (Phi) is 4.94. The van der Waals surface area contributed by atoms with Crippen molar-refractivity contribution in [2.45, 2.75) is 45.7 Å². The second kappa shape index (κ2) is 7.63. The fraction of sp³-hybridized carbons (Fsp3) is 0.524. The number of aromatic nitrogens is 4. The first-order valence-electron chi connectivity index (χ1n) is 10.5. The van der Waals surface area contributed by atoms with Gasteiger partial charge in [0.25, 0.3) is 0 Å². The van der Waals surface area contributed by atoms with Crippen molar-refractivity contribution >= 4 is 39.0 Å². The predicted molar refractivity (Wildman–Crippen MR) is 119 cm³/mol. The maximum absolute atomic E-state index is 13.1. The van der Waals surface area contributed by atoms with Gasteiger partial charge in [-0.1, -0.05) is 0 Å². The number of hydrogen-bond acceptors (Lipinski definition) is 7. The molecular weight excluding hydrogens is 398 g/mol. The van der Waals surface area contributed by atoms with Gasteiger partial charge in [-0.3, -0.25) is 14.4 Å². The van der Waals surface area contributed by atoms with Crippen molar-refractivity contribution in [2.75, 3.05) is 29.9 Å². The molecule has 8 nitrogen and oxygen atoms in total. The number of likely N-dealkylation sites (tertiary alicyclic amines) is 1. The van der Waals surface area contributed by atoms with Crippen LogP contribution < -0.4 is 10.2 Å². The Morgan fingerprint density at radius 3 is 2.73 bits per heavy atom. The van der Waals surface area contributed by atoms with E-state index in [4.69, 9.17) is 9.97 Å². The second-order valence-electron chi connectivity index (χ2n) is 8.28. The van der Waals surface area contributed by atoms with Gasteiger partial charge in [-0.2, -0.15) is 5.10 Å². The van der Waals surface area contributed by atoms with Crippen LogP contribution in [0.1, 0.15) is 35.5 Å². The van der Waals surface area contributed by atoms with Crippen molar-refractivity contribution in [3.8, 4) is 0 Å². The van der Waals surface area contributed by atoms with Crippen LogP contribution in [0.15, 0.2) is 12.4 Å². The zero-order chi connectivity index (χ0) is 20.8. The van der Waals surface area contributed by atoms with E-state index < -0.39 is 0 Å². The van der Waals surface area contributed by atoms with E-state index in [9.17, 15) is 4.79 Å². The van der Waals surface area contributed by atoms with Crippen LogP contribution in [0.2, 0.25) is 0 Å². The average Bonchev–Trinajstić information content (AvgIpc) is 3.48. The number of carbonyl (C=O) groups is 1. The van der Waals surface area contributed by atoms with Crippen LogP contribution in [-0.4, -0.2) is 56.2 Å². The summed E-state index contributed by atoms with van der Waals surface area (Å²) in [6.07, 6.45) is 6.84. The zero-order valence-electron chi connectivity index (χ0n) is 17.7. The van der Waals surface area contributed by atoms with E-state index in [1.807, 2.05) is 13.2 Å². The molecule has 5 rings (SSSR count). The van der Waals surface area contributed by atoms with E-state index in [-0.39, 0.29) is 11.9 Å². The van der Waals surface area contributed by atoms with Gasteiger partial charge in [-0.15, -0.1) is 11.3 Å². The molecule has 0 spiro atoms. The van der Waals surface area contributed by atoms with E-state index >= 15 is 0 Å². The van der Waals surface area contributed by atoms with E-state index in [1.165, 1.54) is 23.3 Å². The number of fused-ring (bicyclic) bond motifs is 1. The number of hydrogen-bond donors (Lipinski definition) is 1. The Labute approximate surface area is 179 Å². The highest BCUT2D eigenvalue weighted by atomic mass is 32.1. The first-order chi connectivity index (χ1) is 14.5. The number of amides is 1. The average molecular weight is 426 g/mol. The molecule has 0 aromatic carbocycles. The number of anilines is 2. The minimum absolute atomic E-state index is 0.0699. The van der Waals surface area contributed by atoms with E-state index in [0.29, 0.717) is 6.54 Å². The summed E-state index contributed by atoms with van der Waals surface area (Å²) < 4.78 is 1.72. The Morgan fingerprint density at radius 2 is 2.00 bits per heavy atom. The Bertz CT molecular complexity index is 1100. The molecule has 0 radical (unpaired) electrons. The Balaban J connectivity index is 1.44. The second-order valence-corrected chi connectivity index (χ2v) is 9.49. The highest BCUT2D eigenvalue weighted by Crippen LogP contribution is 2.34. The van der Waals surface area contributed by atoms with E-state index in [2.05, 4.69) is 29.2 Å². The lowest BCUT2D eigenvalue weighted by Gasteiger charge is -2.18. The monoisotopic (exact) mass is 425 g/mol. The molecule has 1 unspecified atom stereocenters. The molecule has 1 N–H and O–H groups in total. The molecule has 9 heteroatoms. The van der Waals surface area contributed by atoms with Gasteiger partial charge < -0.3 is 10.2 Å². The van der Waals surface area contributed by atoms with Gasteiger partial charge in [0.15, 0.2) is 0 Å². The van der Waals surface area contributed by atoms with Gasteiger partial charge in [-0.05, 0) is 51.8 Å². The minimum atomic E-state index is -0.289. The lowest BCUT2D eigenvalue weighted by molar-refractivity contribution is -0.117. The Morgan fingerprint density at radius 1 is 1.20 bits per heavy atom. The summed E-state index contributed by atoms with van der Waals surface area (Å²) in [6, 6.07) is -0.289. The number of thiophene rings is 1. The number of aryl methyl sites for hydroxylation is 3. The molecule has 2 saturated heterocycles. The van der Waals surface area contributed by atoms with Crippen molar-refractivity contribution < 1.29 is 4.79 Å². The first kappa shape index (κ1) is 19.4. The van der Waals surface area contributed by atoms with Crippen molar-refractivity contribution in [1.82, 2.24) is 24.6 Å². The third-order valence-electron chi connectivity index (χ3n) is 6.16. The molecule has 3 aromatic rings. The maximum Gasteiger partial charge on any atom is 0.249 e. The van der Waals surface area contributed by atoms with E-state index in [1.54, 1.807) is 27.1 Å². The molecule has 30 heavy (non-hydrogen) atoms. The molecule has 158 valence electrons. The third-order valence-corrected chi connectivity index (χ3v) is 7.26. The number of carbonyl (C=O) groups excluding carboxylic acids is 1. The number of nitrogens with one attached hydrogen (secondary N) is 1. The zero-order valence-corrected chi connectivity index (χ0v) is 18.5. The van der Waals surface area contributed by atoms with Crippen molar-refractivity contribution in [1.29, 1.82) is 0 Å². The molecule has 1 atom stereocenters. The number of rotatable bonds is 5. The van der Waals surface area contributed by atoms with Gasteiger partial charge in [0.1, 0.15) is 22.5 Å². The topological polar surface area (TPSA) is 79.2 Å². The highest BCUT2D eigenvalue weighted by molar-refractivity contribution is 7.18. The minimum Gasteiger partial charge on any atom is -0.358 e. The van der Waals surface area contributed by atoms with Gasteiger partial charge >= 0.3 is 0 Å². The predicted octanol–water partition coefficient (Wildman–Crippen LogP) is 2.85. The van der Waals surface area contributed by atoms with Crippen LogP contribution in [0.3, 0.4) is 0 Å². The summed E-state index contributed by atoms with van der Waals surface area (Å²) in [5.74, 6) is 1.70. The van der Waals surface area contributed by atoms with Gasteiger partial charge in [0, 0.05) is 24.7 Å². The largest absolute Gasteiger partial charge is 0.358 e. The summed E-state index contributed by atoms with van der Waals surface area (Å²) in [5.41, 5.74) is 2.04. The molecule has 0 saturated carbocycles. The molecule has 2 fully saturated rings. The normalized spacial score (nSPS) is 20.0. The lowest BCUT2D eigenvalue weighted by atomic mass is 10.2. The van der Waals surface area contributed by atoms with Crippen LogP contribution in [0, 0.1) is 13.8 Å². The smallest absolute Gasteiger partial charge is 0.249 e. The summed E-state index contributed by atoms with van der Waals surface area (Å²) in [6.45, 7) is 7.89. The fourth-order valence-electron chi connectivity index (χ4n) is 4.39. The van der Waals surface area contributed by atoms with Gasteiger partial charge in [-0.25, -0.2) is 9.97 Å². The lowest BCUT2D eigenvalue weighted by Crippen LogP contribution is -2.33. The van der Waals surface area contributed by atoms with Crippen LogP contribution in [0.25, 0.3) is 10.2 Å². The number of nitrogens with zero attached hydrogens (tertiary/aromatic N) is 6. The summed E-state index contributed by atoms with van der Waals surface area (Å²) in [4.78, 5) is 29.3. The van der Waals surface area contributed by atoms with Crippen LogP contribution >= 0.6 is 11.3 Å². The third kappa shape index (κ3) is 3.45. The van der Waals surface area contributed by atoms with Crippen LogP contribution in [0.4, 0.5) is 11.5 Å². The van der Waals surface area contributed by atoms with Crippen molar-refractivity contribution in [3.63, 3.8) is 0 Å². The molecule has 0 bridgehead atoms. The maximum atomic E-state index is 13.1. The fourth-order valence-corrected chi connectivity index (χ4v) is 5.44. The highest BCUT2D eigenvalue weighted by Gasteiger charge is 2.34. The molecule has 2 aliphatic rings.